The largest absolute Gasteiger partial charge is 0.478 e. The SMILES string of the molecule is CC(C)(C)OC(=O)N1CC/C(=C/C(=O)O)C(F)(F)C1. The third kappa shape index (κ3) is 4.50. The Bertz CT molecular complexity index is 412. The highest BCUT2D eigenvalue weighted by molar-refractivity contribution is 5.81. The van der Waals surface area contributed by atoms with E-state index in [0.29, 0.717) is 6.08 Å². The molecule has 0 aromatic heterocycles. The first kappa shape index (κ1) is 15.4. The van der Waals surface area contributed by atoms with E-state index >= 15 is 0 Å². The first-order valence-electron chi connectivity index (χ1n) is 5.81. The number of rotatable bonds is 1. The van der Waals surface area contributed by atoms with E-state index in [2.05, 4.69) is 0 Å². The second-order valence-electron chi connectivity index (χ2n) is 5.36. The molecule has 1 heterocycles. The minimum atomic E-state index is -3.34. The average molecular weight is 277 g/mol. The predicted octanol–water partition coefficient (Wildman–Crippen LogP) is 2.27. The topological polar surface area (TPSA) is 66.8 Å². The molecule has 19 heavy (non-hydrogen) atoms. The zero-order valence-corrected chi connectivity index (χ0v) is 11.1. The lowest BCUT2D eigenvalue weighted by Gasteiger charge is -2.35. The molecule has 0 saturated carbocycles. The molecule has 0 bridgehead atoms. The Morgan fingerprint density at radius 3 is 2.42 bits per heavy atom. The summed E-state index contributed by atoms with van der Waals surface area (Å²) in [6, 6.07) is 0. The monoisotopic (exact) mass is 277 g/mol. The molecule has 1 aliphatic rings. The van der Waals surface area contributed by atoms with E-state index in [0.717, 1.165) is 4.90 Å². The minimum Gasteiger partial charge on any atom is -0.478 e. The number of aliphatic carboxylic acids is 1. The number of nitrogens with zero attached hydrogens (tertiary/aromatic N) is 1. The van der Waals surface area contributed by atoms with Crippen molar-refractivity contribution in [3.63, 3.8) is 0 Å². The van der Waals surface area contributed by atoms with Crippen LogP contribution in [-0.4, -0.2) is 46.7 Å². The summed E-state index contributed by atoms with van der Waals surface area (Å²) in [5.41, 5.74) is -1.23. The highest BCUT2D eigenvalue weighted by atomic mass is 19.3. The molecule has 7 heteroatoms. The van der Waals surface area contributed by atoms with Crippen molar-refractivity contribution in [2.75, 3.05) is 13.1 Å². The van der Waals surface area contributed by atoms with Crippen molar-refractivity contribution in [3.8, 4) is 0 Å². The molecule has 0 aromatic carbocycles. The summed E-state index contributed by atoms with van der Waals surface area (Å²) in [5.74, 6) is -4.76. The van der Waals surface area contributed by atoms with Crippen LogP contribution in [0.25, 0.3) is 0 Å². The van der Waals surface area contributed by atoms with Crippen LogP contribution in [0.15, 0.2) is 11.6 Å². The molecule has 1 aliphatic heterocycles. The molecule has 0 aliphatic carbocycles. The Kier molecular flexibility index (Phi) is 4.17. The number of carbonyl (C=O) groups is 2. The number of hydrogen-bond acceptors (Lipinski definition) is 3. The lowest BCUT2D eigenvalue weighted by atomic mass is 10.00. The molecule has 0 unspecified atom stereocenters. The van der Waals surface area contributed by atoms with Gasteiger partial charge in [-0.2, -0.15) is 8.78 Å². The lowest BCUT2D eigenvalue weighted by molar-refractivity contribution is -0.131. The van der Waals surface area contributed by atoms with Crippen molar-refractivity contribution in [2.45, 2.75) is 38.7 Å². The van der Waals surface area contributed by atoms with Crippen LogP contribution in [0.5, 0.6) is 0 Å². The van der Waals surface area contributed by atoms with E-state index in [-0.39, 0.29) is 13.0 Å². The van der Waals surface area contributed by atoms with Crippen LogP contribution in [0.1, 0.15) is 27.2 Å². The van der Waals surface area contributed by atoms with Crippen LogP contribution in [-0.2, 0) is 9.53 Å². The second-order valence-corrected chi connectivity index (χ2v) is 5.36. The fourth-order valence-corrected chi connectivity index (χ4v) is 1.67. The number of carbonyl (C=O) groups excluding carboxylic acids is 1. The summed E-state index contributed by atoms with van der Waals surface area (Å²) in [4.78, 5) is 23.0. The summed E-state index contributed by atoms with van der Waals surface area (Å²) in [6.07, 6.45) is -0.494. The second kappa shape index (κ2) is 5.14. The predicted molar refractivity (Wildman–Crippen MR) is 63.1 cm³/mol. The summed E-state index contributed by atoms with van der Waals surface area (Å²) >= 11 is 0. The van der Waals surface area contributed by atoms with Gasteiger partial charge in [-0.15, -0.1) is 0 Å². The maximum absolute atomic E-state index is 13.7. The van der Waals surface area contributed by atoms with Crippen molar-refractivity contribution in [1.82, 2.24) is 4.90 Å². The fourth-order valence-electron chi connectivity index (χ4n) is 1.67. The molecule has 1 rings (SSSR count). The van der Waals surface area contributed by atoms with Crippen molar-refractivity contribution < 1.29 is 28.2 Å². The summed E-state index contributed by atoms with van der Waals surface area (Å²) in [5, 5.41) is 8.51. The van der Waals surface area contributed by atoms with Gasteiger partial charge in [0.05, 0.1) is 6.54 Å². The third-order valence-electron chi connectivity index (χ3n) is 2.46. The van der Waals surface area contributed by atoms with E-state index < -0.39 is 35.7 Å². The highest BCUT2D eigenvalue weighted by Gasteiger charge is 2.42. The average Bonchev–Trinajstić information content (AvgIpc) is 2.17. The molecule has 0 radical (unpaired) electrons. The van der Waals surface area contributed by atoms with Crippen molar-refractivity contribution in [2.24, 2.45) is 0 Å². The van der Waals surface area contributed by atoms with Crippen LogP contribution in [0, 0.1) is 0 Å². The van der Waals surface area contributed by atoms with Gasteiger partial charge < -0.3 is 14.7 Å². The van der Waals surface area contributed by atoms with Crippen molar-refractivity contribution in [1.29, 1.82) is 0 Å². The number of hydrogen-bond donors (Lipinski definition) is 1. The molecular weight excluding hydrogens is 260 g/mol. The van der Waals surface area contributed by atoms with Gasteiger partial charge in [-0.3, -0.25) is 0 Å². The fraction of sp³-hybridized carbons (Fsp3) is 0.667. The van der Waals surface area contributed by atoms with Crippen LogP contribution in [0.4, 0.5) is 13.6 Å². The number of carboxylic acid groups (broad SMARTS) is 1. The van der Waals surface area contributed by atoms with Gasteiger partial charge in [-0.05, 0) is 27.2 Å². The molecule has 0 spiro atoms. The van der Waals surface area contributed by atoms with E-state index in [1.165, 1.54) is 0 Å². The zero-order chi connectivity index (χ0) is 14.8. The normalized spacial score (nSPS) is 21.3. The highest BCUT2D eigenvalue weighted by Crippen LogP contribution is 2.32. The van der Waals surface area contributed by atoms with Crippen LogP contribution in [0.3, 0.4) is 0 Å². The van der Waals surface area contributed by atoms with Gasteiger partial charge in [-0.1, -0.05) is 0 Å². The van der Waals surface area contributed by atoms with Crippen LogP contribution < -0.4 is 0 Å². The Hall–Kier alpha value is -1.66. The van der Waals surface area contributed by atoms with E-state index in [9.17, 15) is 18.4 Å². The number of alkyl halides is 2. The van der Waals surface area contributed by atoms with Gasteiger partial charge in [0.25, 0.3) is 5.92 Å². The van der Waals surface area contributed by atoms with E-state index in [1.807, 2.05) is 0 Å². The number of halogens is 2. The molecule has 1 saturated heterocycles. The minimum absolute atomic E-state index is 0.0175. The number of likely N-dealkylation sites (tertiary alicyclic amines) is 1. The summed E-state index contributed by atoms with van der Waals surface area (Å²) < 4.78 is 32.4. The standard InChI is InChI=1S/C12H17F2NO4/c1-11(2,3)19-10(18)15-5-4-8(6-9(16)17)12(13,14)7-15/h6H,4-5,7H2,1-3H3,(H,16,17)/b8-6-. The molecule has 1 N–H and O–H groups in total. The zero-order valence-electron chi connectivity index (χ0n) is 11.1. The van der Waals surface area contributed by atoms with Gasteiger partial charge in [0, 0.05) is 18.2 Å². The summed E-state index contributed by atoms with van der Waals surface area (Å²) in [7, 11) is 0. The number of piperidine rings is 1. The van der Waals surface area contributed by atoms with E-state index in [4.69, 9.17) is 9.84 Å². The maximum atomic E-state index is 13.7. The number of amides is 1. The molecule has 1 fully saturated rings. The summed E-state index contributed by atoms with van der Waals surface area (Å²) in [6.45, 7) is 4.08. The third-order valence-corrected chi connectivity index (χ3v) is 2.46. The quantitative estimate of drug-likeness (QED) is 0.747. The maximum Gasteiger partial charge on any atom is 0.410 e. The van der Waals surface area contributed by atoms with Gasteiger partial charge in [0.15, 0.2) is 0 Å². The Labute approximate surface area is 109 Å². The lowest BCUT2D eigenvalue weighted by Crippen LogP contribution is -2.48. The van der Waals surface area contributed by atoms with Crippen molar-refractivity contribution in [3.05, 3.63) is 11.6 Å². The number of carboxylic acids is 1. The van der Waals surface area contributed by atoms with Crippen molar-refractivity contribution >= 4 is 12.1 Å². The Balaban J connectivity index is 2.76. The molecule has 0 aromatic rings. The van der Waals surface area contributed by atoms with E-state index in [1.54, 1.807) is 20.8 Å². The van der Waals surface area contributed by atoms with Gasteiger partial charge >= 0.3 is 12.1 Å². The first-order valence-corrected chi connectivity index (χ1v) is 5.81. The smallest absolute Gasteiger partial charge is 0.410 e. The van der Waals surface area contributed by atoms with Crippen LogP contribution >= 0.6 is 0 Å². The molecule has 1 amide bonds. The molecule has 5 nitrogen and oxygen atoms in total. The first-order chi connectivity index (χ1) is 8.51. The Morgan fingerprint density at radius 2 is 2.00 bits per heavy atom. The number of ether oxygens (including phenoxy) is 1. The molecule has 108 valence electrons. The Morgan fingerprint density at radius 1 is 1.42 bits per heavy atom. The van der Waals surface area contributed by atoms with Gasteiger partial charge in [0.2, 0.25) is 0 Å². The van der Waals surface area contributed by atoms with Crippen LogP contribution in [0.2, 0.25) is 0 Å². The van der Waals surface area contributed by atoms with Gasteiger partial charge in [-0.25, -0.2) is 9.59 Å². The molecule has 0 atom stereocenters. The molecular formula is C12H17F2NO4. The van der Waals surface area contributed by atoms with Gasteiger partial charge in [0.1, 0.15) is 5.60 Å².